The van der Waals surface area contributed by atoms with Gasteiger partial charge in [-0.25, -0.2) is 0 Å². The van der Waals surface area contributed by atoms with Crippen LogP contribution in [0.4, 0.5) is 0 Å². The maximum absolute atomic E-state index is 10.7. The van der Waals surface area contributed by atoms with Crippen molar-refractivity contribution in [1.29, 1.82) is 0 Å². The summed E-state index contributed by atoms with van der Waals surface area (Å²) < 4.78 is 0. The van der Waals surface area contributed by atoms with Crippen molar-refractivity contribution in [3.8, 4) is 0 Å². The molecule has 2 aromatic rings. The Kier molecular flexibility index (Phi) is 2.97. The lowest BCUT2D eigenvalue weighted by Gasteiger charge is -2.27. The van der Waals surface area contributed by atoms with Crippen molar-refractivity contribution in [2.24, 2.45) is 0 Å². The van der Waals surface area contributed by atoms with Crippen LogP contribution in [-0.2, 0) is 5.60 Å². The summed E-state index contributed by atoms with van der Waals surface area (Å²) in [5.74, 6) is 0. The molecule has 0 saturated carbocycles. The maximum atomic E-state index is 10.7. The summed E-state index contributed by atoms with van der Waals surface area (Å²) in [4.78, 5) is 8.09. The van der Waals surface area contributed by atoms with Crippen molar-refractivity contribution in [1.82, 2.24) is 9.97 Å². The van der Waals surface area contributed by atoms with Crippen LogP contribution < -0.4 is 0 Å². The lowest BCUT2D eigenvalue weighted by atomic mass is 9.86. The molecule has 2 aromatic heterocycles. The van der Waals surface area contributed by atoms with Crippen molar-refractivity contribution in [2.45, 2.75) is 18.9 Å². The second-order valence-electron chi connectivity index (χ2n) is 3.70. The monoisotopic (exact) mass is 214 g/mol. The van der Waals surface area contributed by atoms with E-state index in [1.165, 1.54) is 0 Å². The lowest BCUT2D eigenvalue weighted by molar-refractivity contribution is 0.0758. The van der Waals surface area contributed by atoms with Crippen LogP contribution in [0.5, 0.6) is 0 Å². The van der Waals surface area contributed by atoms with E-state index in [1.54, 1.807) is 24.8 Å². The van der Waals surface area contributed by atoms with E-state index in [-0.39, 0.29) is 0 Å². The molecule has 0 aliphatic heterocycles. The third-order valence-corrected chi connectivity index (χ3v) is 2.79. The highest BCUT2D eigenvalue weighted by molar-refractivity contribution is 5.32. The third kappa shape index (κ3) is 1.82. The van der Waals surface area contributed by atoms with Gasteiger partial charge in [-0.3, -0.25) is 9.97 Å². The second kappa shape index (κ2) is 4.41. The van der Waals surface area contributed by atoms with Crippen LogP contribution in [0, 0.1) is 0 Å². The maximum Gasteiger partial charge on any atom is 0.117 e. The van der Waals surface area contributed by atoms with E-state index in [9.17, 15) is 5.11 Å². The Balaban J connectivity index is 2.49. The van der Waals surface area contributed by atoms with E-state index in [0.29, 0.717) is 6.42 Å². The van der Waals surface area contributed by atoms with Gasteiger partial charge in [0.2, 0.25) is 0 Å². The average molecular weight is 214 g/mol. The van der Waals surface area contributed by atoms with Gasteiger partial charge < -0.3 is 5.11 Å². The first kappa shape index (κ1) is 10.8. The van der Waals surface area contributed by atoms with Gasteiger partial charge in [0.1, 0.15) is 5.60 Å². The summed E-state index contributed by atoms with van der Waals surface area (Å²) >= 11 is 0. The van der Waals surface area contributed by atoms with Crippen LogP contribution in [-0.4, -0.2) is 15.1 Å². The zero-order valence-corrected chi connectivity index (χ0v) is 9.17. The quantitative estimate of drug-likeness (QED) is 0.851. The Morgan fingerprint density at radius 1 is 1.06 bits per heavy atom. The number of pyridine rings is 2. The van der Waals surface area contributed by atoms with Gasteiger partial charge in [-0.05, 0) is 18.6 Å². The first-order chi connectivity index (χ1) is 7.77. The van der Waals surface area contributed by atoms with E-state index < -0.39 is 5.60 Å². The van der Waals surface area contributed by atoms with Crippen LogP contribution in [0.3, 0.4) is 0 Å². The summed E-state index contributed by atoms with van der Waals surface area (Å²) in [6, 6.07) is 7.41. The first-order valence-corrected chi connectivity index (χ1v) is 5.31. The van der Waals surface area contributed by atoms with Crippen LogP contribution in [0.15, 0.2) is 49.1 Å². The van der Waals surface area contributed by atoms with Crippen LogP contribution in [0.25, 0.3) is 0 Å². The smallest absolute Gasteiger partial charge is 0.117 e. The predicted octanol–water partition coefficient (Wildman–Crippen LogP) is 2.12. The Hall–Kier alpha value is -1.74. The zero-order valence-electron chi connectivity index (χ0n) is 9.17. The first-order valence-electron chi connectivity index (χ1n) is 5.31. The number of nitrogens with zero attached hydrogens (tertiary/aromatic N) is 2. The Morgan fingerprint density at radius 2 is 1.56 bits per heavy atom. The summed E-state index contributed by atoms with van der Waals surface area (Å²) in [6.07, 6.45) is 7.36. The minimum absolute atomic E-state index is 0.588. The predicted molar refractivity (Wildman–Crippen MR) is 61.8 cm³/mol. The minimum Gasteiger partial charge on any atom is -0.380 e. The molecule has 0 aliphatic rings. The van der Waals surface area contributed by atoms with Crippen molar-refractivity contribution >= 4 is 0 Å². The van der Waals surface area contributed by atoms with Crippen molar-refractivity contribution in [3.05, 3.63) is 60.2 Å². The molecule has 0 unspecified atom stereocenters. The molecule has 0 saturated heterocycles. The van der Waals surface area contributed by atoms with Gasteiger partial charge in [-0.15, -0.1) is 0 Å². The molecule has 0 spiro atoms. The van der Waals surface area contributed by atoms with Crippen molar-refractivity contribution in [2.75, 3.05) is 0 Å². The zero-order chi connectivity index (χ0) is 11.4. The topological polar surface area (TPSA) is 46.0 Å². The molecule has 0 bridgehead atoms. The van der Waals surface area contributed by atoms with E-state index in [1.807, 2.05) is 31.2 Å². The SMILES string of the molecule is CCC(O)(c1cccnc1)c1cccnc1. The average Bonchev–Trinajstić information content (AvgIpc) is 2.40. The van der Waals surface area contributed by atoms with Gasteiger partial charge in [0.25, 0.3) is 0 Å². The molecule has 3 heteroatoms. The summed E-state index contributed by atoms with van der Waals surface area (Å²) in [7, 11) is 0. The highest BCUT2D eigenvalue weighted by Crippen LogP contribution is 2.31. The molecular weight excluding hydrogens is 200 g/mol. The molecule has 2 heterocycles. The number of aromatic nitrogens is 2. The fourth-order valence-electron chi connectivity index (χ4n) is 1.79. The Morgan fingerprint density at radius 3 is 1.88 bits per heavy atom. The molecular formula is C13H14N2O. The van der Waals surface area contributed by atoms with Crippen LogP contribution in [0.1, 0.15) is 24.5 Å². The van der Waals surface area contributed by atoms with Gasteiger partial charge in [-0.2, -0.15) is 0 Å². The van der Waals surface area contributed by atoms with E-state index in [4.69, 9.17) is 0 Å². The second-order valence-corrected chi connectivity index (χ2v) is 3.70. The molecule has 0 fully saturated rings. The number of aliphatic hydroxyl groups is 1. The molecule has 0 aromatic carbocycles. The molecule has 3 nitrogen and oxygen atoms in total. The van der Waals surface area contributed by atoms with Crippen LogP contribution in [0.2, 0.25) is 0 Å². The molecule has 82 valence electrons. The van der Waals surface area contributed by atoms with Gasteiger partial charge in [0, 0.05) is 35.9 Å². The summed E-state index contributed by atoms with van der Waals surface area (Å²) in [5, 5.41) is 10.7. The fourth-order valence-corrected chi connectivity index (χ4v) is 1.79. The largest absolute Gasteiger partial charge is 0.380 e. The number of rotatable bonds is 3. The highest BCUT2D eigenvalue weighted by Gasteiger charge is 2.29. The van der Waals surface area contributed by atoms with Gasteiger partial charge in [0.05, 0.1) is 0 Å². The van der Waals surface area contributed by atoms with E-state index >= 15 is 0 Å². The number of hydrogen-bond donors (Lipinski definition) is 1. The molecule has 16 heavy (non-hydrogen) atoms. The van der Waals surface area contributed by atoms with Gasteiger partial charge >= 0.3 is 0 Å². The molecule has 0 radical (unpaired) electrons. The minimum atomic E-state index is -0.997. The molecule has 1 N–H and O–H groups in total. The Bertz CT molecular complexity index is 403. The highest BCUT2D eigenvalue weighted by atomic mass is 16.3. The molecule has 0 aliphatic carbocycles. The van der Waals surface area contributed by atoms with Crippen LogP contribution >= 0.6 is 0 Å². The van der Waals surface area contributed by atoms with E-state index in [0.717, 1.165) is 11.1 Å². The standard InChI is InChI=1S/C13H14N2O/c1-2-13(16,11-5-3-7-14-9-11)12-6-4-8-15-10-12/h3-10,16H,2H2,1H3. The van der Waals surface area contributed by atoms with Gasteiger partial charge in [-0.1, -0.05) is 19.1 Å². The van der Waals surface area contributed by atoms with E-state index in [2.05, 4.69) is 9.97 Å². The molecule has 0 amide bonds. The van der Waals surface area contributed by atoms with Crippen molar-refractivity contribution in [3.63, 3.8) is 0 Å². The molecule has 2 rings (SSSR count). The summed E-state index contributed by atoms with van der Waals surface area (Å²) in [6.45, 7) is 1.94. The molecule has 0 atom stereocenters. The lowest BCUT2D eigenvalue weighted by Crippen LogP contribution is -2.26. The van der Waals surface area contributed by atoms with Crippen molar-refractivity contribution < 1.29 is 5.11 Å². The third-order valence-electron chi connectivity index (χ3n) is 2.79. The van der Waals surface area contributed by atoms with Gasteiger partial charge in [0.15, 0.2) is 0 Å². The summed E-state index contributed by atoms with van der Waals surface area (Å²) in [5.41, 5.74) is 0.596. The normalized spacial score (nSPS) is 11.4. The fraction of sp³-hybridized carbons (Fsp3) is 0.231. The Labute approximate surface area is 94.8 Å². The number of hydrogen-bond acceptors (Lipinski definition) is 3.